The van der Waals surface area contributed by atoms with Gasteiger partial charge >= 0.3 is 0 Å². The number of anilines is 1. The summed E-state index contributed by atoms with van der Waals surface area (Å²) in [6.07, 6.45) is 0. The highest BCUT2D eigenvalue weighted by atomic mass is 79.9. The van der Waals surface area contributed by atoms with Crippen LogP contribution >= 0.6 is 31.9 Å². The molecule has 0 spiro atoms. The van der Waals surface area contributed by atoms with Crippen LogP contribution in [-0.4, -0.2) is 0 Å². The fourth-order valence-electron chi connectivity index (χ4n) is 2.26. The number of benzene rings is 3. The van der Waals surface area contributed by atoms with E-state index in [4.69, 9.17) is 0 Å². The Labute approximate surface area is 135 Å². The number of hydrogen-bond acceptors (Lipinski definition) is 1. The van der Waals surface area contributed by atoms with Crippen LogP contribution in [0.4, 0.5) is 5.69 Å². The molecule has 0 fully saturated rings. The first kappa shape index (κ1) is 13.7. The first-order valence-corrected chi connectivity index (χ1v) is 7.98. The van der Waals surface area contributed by atoms with Crippen molar-refractivity contribution < 1.29 is 0 Å². The van der Waals surface area contributed by atoms with Gasteiger partial charge in [0.15, 0.2) is 0 Å². The van der Waals surface area contributed by atoms with E-state index in [1.807, 2.05) is 6.07 Å². The molecule has 0 atom stereocenters. The van der Waals surface area contributed by atoms with Crippen LogP contribution in [-0.2, 0) is 6.54 Å². The molecule has 3 aromatic carbocycles. The molecule has 1 N–H and O–H groups in total. The zero-order valence-corrected chi connectivity index (χ0v) is 13.9. The molecule has 0 saturated heterocycles. The van der Waals surface area contributed by atoms with E-state index in [0.717, 1.165) is 21.2 Å². The Bertz CT molecular complexity index is 753. The molecule has 0 unspecified atom stereocenters. The lowest BCUT2D eigenvalue weighted by atomic mass is 10.1. The van der Waals surface area contributed by atoms with Crippen molar-refractivity contribution in [2.45, 2.75) is 6.54 Å². The van der Waals surface area contributed by atoms with Crippen LogP contribution in [0, 0.1) is 0 Å². The molecule has 3 heteroatoms. The fraction of sp³-hybridized carbons (Fsp3) is 0.0588. The molecule has 3 rings (SSSR count). The topological polar surface area (TPSA) is 12.0 Å². The van der Waals surface area contributed by atoms with E-state index < -0.39 is 0 Å². The molecule has 3 aromatic rings. The van der Waals surface area contributed by atoms with Crippen molar-refractivity contribution in [2.24, 2.45) is 0 Å². The van der Waals surface area contributed by atoms with Gasteiger partial charge in [-0.1, -0.05) is 68.3 Å². The summed E-state index contributed by atoms with van der Waals surface area (Å²) in [6.45, 7) is 0.811. The third-order valence-corrected chi connectivity index (χ3v) is 4.43. The third-order valence-electron chi connectivity index (χ3n) is 3.24. The van der Waals surface area contributed by atoms with Gasteiger partial charge in [0.05, 0.1) is 0 Å². The van der Waals surface area contributed by atoms with Gasteiger partial charge in [-0.25, -0.2) is 0 Å². The van der Waals surface area contributed by atoms with Gasteiger partial charge < -0.3 is 5.32 Å². The van der Waals surface area contributed by atoms with Crippen LogP contribution in [0.15, 0.2) is 69.6 Å². The Kier molecular flexibility index (Phi) is 4.08. The second-order valence-electron chi connectivity index (χ2n) is 4.62. The molecule has 0 aromatic heterocycles. The maximum Gasteiger partial charge on any atom is 0.0423 e. The SMILES string of the molecule is Brc1cccc(CNc2ccc(Br)c3ccccc23)c1. The van der Waals surface area contributed by atoms with Gasteiger partial charge in [0.25, 0.3) is 0 Å². The Hall–Kier alpha value is -1.32. The normalized spacial score (nSPS) is 10.7. The van der Waals surface area contributed by atoms with Crippen molar-refractivity contribution in [3.8, 4) is 0 Å². The lowest BCUT2D eigenvalue weighted by molar-refractivity contribution is 1.15. The molecule has 100 valence electrons. The lowest BCUT2D eigenvalue weighted by Crippen LogP contribution is -2.00. The summed E-state index contributed by atoms with van der Waals surface area (Å²) >= 11 is 7.11. The molecule has 0 heterocycles. The van der Waals surface area contributed by atoms with Gasteiger partial charge in [-0.3, -0.25) is 0 Å². The average Bonchev–Trinajstić information content (AvgIpc) is 2.47. The van der Waals surface area contributed by atoms with Crippen molar-refractivity contribution in [2.75, 3.05) is 5.32 Å². The highest BCUT2D eigenvalue weighted by Gasteiger charge is 2.03. The standard InChI is InChI=1S/C17H13Br2N/c18-13-5-3-4-12(10-13)11-20-17-9-8-16(19)14-6-1-2-7-15(14)17/h1-10,20H,11H2. The average molecular weight is 391 g/mol. The maximum atomic E-state index is 3.60. The maximum absolute atomic E-state index is 3.60. The van der Waals surface area contributed by atoms with Crippen LogP contribution in [0.5, 0.6) is 0 Å². The molecular weight excluding hydrogens is 378 g/mol. The minimum atomic E-state index is 0.811. The van der Waals surface area contributed by atoms with Crippen molar-refractivity contribution in [3.63, 3.8) is 0 Å². The summed E-state index contributed by atoms with van der Waals surface area (Å²) < 4.78 is 2.23. The number of hydrogen-bond donors (Lipinski definition) is 1. The van der Waals surface area contributed by atoms with Crippen molar-refractivity contribution in [1.29, 1.82) is 0 Å². The van der Waals surface area contributed by atoms with Crippen LogP contribution in [0.3, 0.4) is 0 Å². The van der Waals surface area contributed by atoms with E-state index in [9.17, 15) is 0 Å². The molecule has 0 amide bonds. The Morgan fingerprint density at radius 2 is 1.60 bits per heavy atom. The van der Waals surface area contributed by atoms with Gasteiger partial charge in [0.2, 0.25) is 0 Å². The molecule has 1 nitrogen and oxygen atoms in total. The molecule has 0 aliphatic rings. The van der Waals surface area contributed by atoms with E-state index in [-0.39, 0.29) is 0 Å². The summed E-state index contributed by atoms with van der Waals surface area (Å²) in [5, 5.41) is 5.98. The van der Waals surface area contributed by atoms with Crippen LogP contribution in [0.2, 0.25) is 0 Å². The van der Waals surface area contributed by atoms with Gasteiger partial charge in [0, 0.05) is 26.6 Å². The zero-order valence-electron chi connectivity index (χ0n) is 10.7. The molecule has 0 saturated carbocycles. The predicted octanol–water partition coefficient (Wildman–Crippen LogP) is 5.98. The van der Waals surface area contributed by atoms with Crippen molar-refractivity contribution in [3.05, 3.63) is 75.2 Å². The van der Waals surface area contributed by atoms with E-state index in [1.165, 1.54) is 16.3 Å². The molecule has 0 bridgehead atoms. The first-order chi connectivity index (χ1) is 9.74. The lowest BCUT2D eigenvalue weighted by Gasteiger charge is -2.11. The van der Waals surface area contributed by atoms with Crippen molar-refractivity contribution >= 4 is 48.3 Å². The minimum absolute atomic E-state index is 0.811. The zero-order chi connectivity index (χ0) is 13.9. The molecule has 0 aliphatic carbocycles. The highest BCUT2D eigenvalue weighted by molar-refractivity contribution is 9.11. The molecular formula is C17H13Br2N. The van der Waals surface area contributed by atoms with E-state index in [0.29, 0.717) is 0 Å². The van der Waals surface area contributed by atoms with E-state index in [2.05, 4.69) is 91.8 Å². The Balaban J connectivity index is 1.90. The first-order valence-electron chi connectivity index (χ1n) is 6.39. The smallest absolute Gasteiger partial charge is 0.0423 e. The number of nitrogens with one attached hydrogen (secondary N) is 1. The van der Waals surface area contributed by atoms with Crippen molar-refractivity contribution in [1.82, 2.24) is 0 Å². The highest BCUT2D eigenvalue weighted by Crippen LogP contribution is 2.30. The molecule has 0 aliphatic heterocycles. The van der Waals surface area contributed by atoms with Gasteiger partial charge in [-0.2, -0.15) is 0 Å². The monoisotopic (exact) mass is 389 g/mol. The van der Waals surface area contributed by atoms with Crippen LogP contribution in [0.1, 0.15) is 5.56 Å². The molecule has 20 heavy (non-hydrogen) atoms. The second-order valence-corrected chi connectivity index (χ2v) is 6.39. The summed E-state index contributed by atoms with van der Waals surface area (Å²) in [5.74, 6) is 0. The fourth-order valence-corrected chi connectivity index (χ4v) is 3.19. The van der Waals surface area contributed by atoms with Crippen LogP contribution in [0.25, 0.3) is 10.8 Å². The summed E-state index contributed by atoms with van der Waals surface area (Å²) in [4.78, 5) is 0. The van der Waals surface area contributed by atoms with Crippen LogP contribution < -0.4 is 5.32 Å². The third kappa shape index (κ3) is 2.89. The van der Waals surface area contributed by atoms with Gasteiger partial charge in [0.1, 0.15) is 0 Å². The van der Waals surface area contributed by atoms with Gasteiger partial charge in [-0.05, 0) is 35.2 Å². The minimum Gasteiger partial charge on any atom is -0.380 e. The largest absolute Gasteiger partial charge is 0.380 e. The summed E-state index contributed by atoms with van der Waals surface area (Å²) in [5.41, 5.74) is 2.41. The number of fused-ring (bicyclic) bond motifs is 1. The quantitative estimate of drug-likeness (QED) is 0.580. The Morgan fingerprint density at radius 1 is 0.800 bits per heavy atom. The van der Waals surface area contributed by atoms with E-state index in [1.54, 1.807) is 0 Å². The Morgan fingerprint density at radius 3 is 2.40 bits per heavy atom. The van der Waals surface area contributed by atoms with E-state index >= 15 is 0 Å². The summed E-state index contributed by atoms with van der Waals surface area (Å²) in [6, 6.07) is 21.0. The summed E-state index contributed by atoms with van der Waals surface area (Å²) in [7, 11) is 0. The number of rotatable bonds is 3. The second kappa shape index (κ2) is 5.98. The van der Waals surface area contributed by atoms with Gasteiger partial charge in [-0.15, -0.1) is 0 Å². The predicted molar refractivity (Wildman–Crippen MR) is 93.1 cm³/mol. The number of halogens is 2. The molecule has 0 radical (unpaired) electrons.